The molecule has 1 atom stereocenters. The maximum absolute atomic E-state index is 11.0. The molecule has 1 aliphatic heterocycles. The molecule has 7 nitrogen and oxygen atoms in total. The highest BCUT2D eigenvalue weighted by Crippen LogP contribution is 2.31. The van der Waals surface area contributed by atoms with Gasteiger partial charge in [-0.1, -0.05) is 34.1 Å². The van der Waals surface area contributed by atoms with Gasteiger partial charge in [0.1, 0.15) is 10.7 Å². The normalized spacial score (nSPS) is 16.9. The van der Waals surface area contributed by atoms with Crippen molar-refractivity contribution in [2.45, 2.75) is 66.0 Å². The summed E-state index contributed by atoms with van der Waals surface area (Å²) in [5.74, 6) is 0.756. The van der Waals surface area contributed by atoms with Crippen molar-refractivity contribution < 1.29 is 9.90 Å². The topological polar surface area (TPSA) is 96.7 Å². The van der Waals surface area contributed by atoms with Crippen LogP contribution in [0.2, 0.25) is 0 Å². The Labute approximate surface area is 179 Å². The summed E-state index contributed by atoms with van der Waals surface area (Å²) in [6.45, 7) is 12.2. The Morgan fingerprint density at radius 1 is 1.28 bits per heavy atom. The van der Waals surface area contributed by atoms with E-state index in [1.165, 1.54) is 11.8 Å². The van der Waals surface area contributed by atoms with Gasteiger partial charge in [0.05, 0.1) is 18.2 Å². The van der Waals surface area contributed by atoms with Gasteiger partial charge in [-0.25, -0.2) is 0 Å². The molecule has 8 heteroatoms. The molecule has 0 spiro atoms. The first kappa shape index (κ1) is 23.7. The Balaban J connectivity index is 2.35. The summed E-state index contributed by atoms with van der Waals surface area (Å²) in [6, 6.07) is 0.181. The number of aromatic nitrogens is 2. The van der Waals surface area contributed by atoms with Crippen LogP contribution in [0.15, 0.2) is 11.2 Å². The number of aliphatic imine (C=N–C) groups is 1. The van der Waals surface area contributed by atoms with Gasteiger partial charge in [0.15, 0.2) is 0 Å². The van der Waals surface area contributed by atoms with E-state index in [4.69, 9.17) is 20.9 Å². The van der Waals surface area contributed by atoms with E-state index < -0.39 is 5.97 Å². The maximum atomic E-state index is 11.0. The third-order valence-corrected chi connectivity index (χ3v) is 5.68. The lowest BCUT2D eigenvalue weighted by Gasteiger charge is -2.27. The van der Waals surface area contributed by atoms with Gasteiger partial charge in [-0.15, -0.1) is 11.8 Å². The number of fused-ring (bicyclic) bond motifs is 1. The molecule has 29 heavy (non-hydrogen) atoms. The molecule has 0 fully saturated rings. The molecule has 0 amide bonds. The molecule has 0 bridgehead atoms. The third kappa shape index (κ3) is 7.66. The minimum absolute atomic E-state index is 0.124. The van der Waals surface area contributed by atoms with E-state index in [0.717, 1.165) is 55.3 Å². The minimum Gasteiger partial charge on any atom is -0.481 e. The highest BCUT2D eigenvalue weighted by molar-refractivity contribution is 8.14. The molecule has 0 saturated carbocycles. The van der Waals surface area contributed by atoms with Gasteiger partial charge in [-0.2, -0.15) is 5.10 Å². The number of carboxylic acids is 1. The standard InChI is InChI=1S/C21H37N5O2S/c1-15(2)11-25-13-17(7-5-6-9-22)23-21(29-10-8-19(27)28)20-18(25)14-26(24-20)12-16(3)4/h14-17H,5-13,22H2,1-4H3,(H,27,28)/t17-/m0/s1. The van der Waals surface area contributed by atoms with Crippen LogP contribution in [0.5, 0.6) is 0 Å². The van der Waals surface area contributed by atoms with Crippen LogP contribution < -0.4 is 10.6 Å². The molecule has 3 N–H and O–H groups in total. The molecule has 0 radical (unpaired) electrons. The average Bonchev–Trinajstić information content (AvgIpc) is 2.97. The minimum atomic E-state index is -0.779. The molecule has 0 unspecified atom stereocenters. The summed E-state index contributed by atoms with van der Waals surface area (Å²) in [7, 11) is 0. The van der Waals surface area contributed by atoms with Crippen LogP contribution in [0.25, 0.3) is 0 Å². The number of anilines is 1. The lowest BCUT2D eigenvalue weighted by molar-refractivity contribution is -0.136. The number of nitrogens with two attached hydrogens (primary N) is 1. The van der Waals surface area contributed by atoms with Gasteiger partial charge in [0.2, 0.25) is 0 Å². The lowest BCUT2D eigenvalue weighted by Crippen LogP contribution is -2.34. The van der Waals surface area contributed by atoms with Crippen molar-refractivity contribution in [1.29, 1.82) is 0 Å². The number of carbonyl (C=O) groups is 1. The highest BCUT2D eigenvalue weighted by Gasteiger charge is 2.28. The van der Waals surface area contributed by atoms with E-state index in [2.05, 4.69) is 38.8 Å². The van der Waals surface area contributed by atoms with E-state index in [1.807, 2.05) is 4.68 Å². The summed E-state index contributed by atoms with van der Waals surface area (Å²) in [5, 5.41) is 14.8. The second-order valence-electron chi connectivity index (χ2n) is 8.64. The number of unbranched alkanes of at least 4 members (excludes halogenated alkanes) is 1. The number of hydrogen-bond donors (Lipinski definition) is 2. The molecule has 0 aliphatic carbocycles. The van der Waals surface area contributed by atoms with Crippen LogP contribution in [0.4, 0.5) is 5.69 Å². The summed E-state index contributed by atoms with van der Waals surface area (Å²) < 4.78 is 2.02. The Hall–Kier alpha value is -1.54. The Kier molecular flexibility index (Phi) is 9.49. The fourth-order valence-corrected chi connectivity index (χ4v) is 4.49. The fraction of sp³-hybridized carbons (Fsp3) is 0.762. The first-order chi connectivity index (χ1) is 13.8. The van der Waals surface area contributed by atoms with Crippen LogP contribution in [0, 0.1) is 11.8 Å². The second-order valence-corrected chi connectivity index (χ2v) is 9.73. The summed E-state index contributed by atoms with van der Waals surface area (Å²) in [6.07, 6.45) is 5.32. The van der Waals surface area contributed by atoms with Gasteiger partial charge in [-0.05, 0) is 31.2 Å². The predicted octanol–water partition coefficient (Wildman–Crippen LogP) is 3.47. The number of nitrogens with zero attached hydrogens (tertiary/aromatic N) is 4. The van der Waals surface area contributed by atoms with Crippen LogP contribution in [0.3, 0.4) is 0 Å². The molecule has 2 rings (SSSR count). The molecule has 1 aromatic rings. The Bertz CT molecular complexity index is 687. The van der Waals surface area contributed by atoms with Gasteiger partial charge in [0.25, 0.3) is 0 Å². The van der Waals surface area contributed by atoms with Gasteiger partial charge in [0, 0.05) is 31.6 Å². The van der Waals surface area contributed by atoms with Crippen molar-refractivity contribution in [3.63, 3.8) is 0 Å². The van der Waals surface area contributed by atoms with E-state index in [0.29, 0.717) is 24.1 Å². The van der Waals surface area contributed by atoms with Crippen molar-refractivity contribution in [3.8, 4) is 0 Å². The summed E-state index contributed by atoms with van der Waals surface area (Å²) in [4.78, 5) is 18.5. The molecule has 1 aliphatic rings. The predicted molar refractivity (Wildman–Crippen MR) is 122 cm³/mol. The van der Waals surface area contributed by atoms with Crippen LogP contribution in [0.1, 0.15) is 59.1 Å². The highest BCUT2D eigenvalue weighted by atomic mass is 32.2. The zero-order valence-electron chi connectivity index (χ0n) is 18.3. The monoisotopic (exact) mass is 423 g/mol. The van der Waals surface area contributed by atoms with Gasteiger partial charge >= 0.3 is 5.97 Å². The molecular weight excluding hydrogens is 386 g/mol. The zero-order chi connectivity index (χ0) is 21.4. The first-order valence-electron chi connectivity index (χ1n) is 10.7. The van der Waals surface area contributed by atoms with Crippen LogP contribution >= 0.6 is 11.8 Å². The van der Waals surface area contributed by atoms with Crippen molar-refractivity contribution in [2.75, 3.05) is 30.3 Å². The zero-order valence-corrected chi connectivity index (χ0v) is 19.1. The molecule has 2 heterocycles. The van der Waals surface area contributed by atoms with E-state index in [1.54, 1.807) is 0 Å². The number of thioether (sulfide) groups is 1. The molecule has 0 aromatic carbocycles. The summed E-state index contributed by atoms with van der Waals surface area (Å²) >= 11 is 1.52. The number of aliphatic carboxylic acids is 1. The third-order valence-electron chi connectivity index (χ3n) is 4.70. The number of hydrogen-bond acceptors (Lipinski definition) is 6. The largest absolute Gasteiger partial charge is 0.481 e. The SMILES string of the molecule is CC(C)CN1C[C@H](CCCCN)N=C(SCCC(=O)O)c2nn(CC(C)C)cc21. The molecule has 0 saturated heterocycles. The van der Waals surface area contributed by atoms with Gasteiger partial charge < -0.3 is 15.7 Å². The van der Waals surface area contributed by atoms with Crippen molar-refractivity contribution in [3.05, 3.63) is 11.9 Å². The van der Waals surface area contributed by atoms with Crippen molar-refractivity contribution in [1.82, 2.24) is 9.78 Å². The van der Waals surface area contributed by atoms with Crippen LogP contribution in [-0.2, 0) is 11.3 Å². The van der Waals surface area contributed by atoms with E-state index in [-0.39, 0.29) is 12.5 Å². The van der Waals surface area contributed by atoms with Gasteiger partial charge in [-0.3, -0.25) is 14.5 Å². The molecular formula is C21H37N5O2S. The molecule has 1 aromatic heterocycles. The Morgan fingerprint density at radius 3 is 2.62 bits per heavy atom. The summed E-state index contributed by atoms with van der Waals surface area (Å²) in [5.41, 5.74) is 7.71. The van der Waals surface area contributed by atoms with Crippen molar-refractivity contribution in [2.24, 2.45) is 22.6 Å². The number of carboxylic acid groups (broad SMARTS) is 1. The van der Waals surface area contributed by atoms with E-state index >= 15 is 0 Å². The van der Waals surface area contributed by atoms with Crippen LogP contribution in [-0.4, -0.2) is 57.3 Å². The molecule has 164 valence electrons. The lowest BCUT2D eigenvalue weighted by atomic mass is 10.1. The maximum Gasteiger partial charge on any atom is 0.304 e. The smallest absolute Gasteiger partial charge is 0.304 e. The number of rotatable bonds is 11. The average molecular weight is 424 g/mol. The van der Waals surface area contributed by atoms with Crippen molar-refractivity contribution >= 4 is 28.5 Å². The second kappa shape index (κ2) is 11.6. The van der Waals surface area contributed by atoms with E-state index in [9.17, 15) is 4.79 Å². The Morgan fingerprint density at radius 2 is 2.00 bits per heavy atom. The fourth-order valence-electron chi connectivity index (χ4n) is 3.52. The quantitative estimate of drug-likeness (QED) is 0.529. The first-order valence-corrected chi connectivity index (χ1v) is 11.7.